The van der Waals surface area contributed by atoms with Crippen molar-refractivity contribution in [2.24, 2.45) is 0 Å². The SMILES string of the molecule is CN(CCNc1ncnc2onc(-c3cc(F)cc(F)c3)c12)Cc1ccccc1. The lowest BCUT2D eigenvalue weighted by atomic mass is 10.1. The van der Waals surface area contributed by atoms with Crippen LogP contribution < -0.4 is 5.32 Å². The predicted molar refractivity (Wildman–Crippen MR) is 106 cm³/mol. The normalized spacial score (nSPS) is 11.3. The summed E-state index contributed by atoms with van der Waals surface area (Å²) in [6.45, 7) is 2.19. The largest absolute Gasteiger partial charge is 0.368 e. The Morgan fingerprint density at radius 2 is 1.79 bits per heavy atom. The van der Waals surface area contributed by atoms with Crippen LogP contribution in [0.1, 0.15) is 5.56 Å². The Bertz CT molecular complexity index is 1100. The molecule has 0 radical (unpaired) electrons. The summed E-state index contributed by atoms with van der Waals surface area (Å²) in [5, 5.41) is 7.68. The summed E-state index contributed by atoms with van der Waals surface area (Å²) < 4.78 is 32.5. The van der Waals surface area contributed by atoms with E-state index >= 15 is 0 Å². The molecule has 2 aromatic heterocycles. The molecule has 2 heterocycles. The molecule has 0 aliphatic carbocycles. The van der Waals surface area contributed by atoms with Crippen molar-refractivity contribution in [2.75, 3.05) is 25.5 Å². The average Bonchev–Trinajstić information content (AvgIpc) is 3.13. The van der Waals surface area contributed by atoms with Gasteiger partial charge in [0.25, 0.3) is 5.71 Å². The van der Waals surface area contributed by atoms with Gasteiger partial charge in [0.05, 0.1) is 0 Å². The van der Waals surface area contributed by atoms with Crippen molar-refractivity contribution in [1.29, 1.82) is 0 Å². The van der Waals surface area contributed by atoms with E-state index in [1.807, 2.05) is 25.2 Å². The van der Waals surface area contributed by atoms with Crippen LogP contribution >= 0.6 is 0 Å². The molecule has 0 saturated carbocycles. The number of hydrogen-bond acceptors (Lipinski definition) is 6. The molecule has 1 N–H and O–H groups in total. The second-order valence-corrected chi connectivity index (χ2v) is 6.74. The molecule has 29 heavy (non-hydrogen) atoms. The molecule has 6 nitrogen and oxygen atoms in total. The molecule has 0 bridgehead atoms. The average molecular weight is 395 g/mol. The van der Waals surface area contributed by atoms with Gasteiger partial charge < -0.3 is 14.7 Å². The van der Waals surface area contributed by atoms with Crippen LogP contribution in [0.5, 0.6) is 0 Å². The first-order valence-electron chi connectivity index (χ1n) is 9.13. The van der Waals surface area contributed by atoms with E-state index in [0.717, 1.165) is 19.2 Å². The van der Waals surface area contributed by atoms with Gasteiger partial charge in [0.15, 0.2) is 0 Å². The topological polar surface area (TPSA) is 67.1 Å². The molecule has 0 aliphatic heterocycles. The number of aromatic nitrogens is 3. The summed E-state index contributed by atoms with van der Waals surface area (Å²) in [6.07, 6.45) is 1.36. The molecular formula is C21H19F2N5O. The minimum absolute atomic E-state index is 0.250. The van der Waals surface area contributed by atoms with Gasteiger partial charge in [-0.2, -0.15) is 4.98 Å². The first-order chi connectivity index (χ1) is 14.1. The highest BCUT2D eigenvalue weighted by Crippen LogP contribution is 2.31. The van der Waals surface area contributed by atoms with E-state index in [9.17, 15) is 8.78 Å². The third-order valence-electron chi connectivity index (χ3n) is 4.49. The van der Waals surface area contributed by atoms with Gasteiger partial charge in [-0.1, -0.05) is 35.5 Å². The van der Waals surface area contributed by atoms with Crippen molar-refractivity contribution in [3.05, 3.63) is 72.1 Å². The van der Waals surface area contributed by atoms with E-state index in [-0.39, 0.29) is 11.3 Å². The predicted octanol–water partition coefficient (Wildman–Crippen LogP) is 4.11. The van der Waals surface area contributed by atoms with Crippen LogP contribution in [0.2, 0.25) is 0 Å². The van der Waals surface area contributed by atoms with Crippen molar-refractivity contribution in [3.8, 4) is 11.3 Å². The molecule has 4 aromatic rings. The molecule has 148 valence electrons. The van der Waals surface area contributed by atoms with Gasteiger partial charge >= 0.3 is 0 Å². The van der Waals surface area contributed by atoms with E-state index in [1.165, 1.54) is 24.0 Å². The minimum Gasteiger partial charge on any atom is -0.368 e. The molecule has 0 unspecified atom stereocenters. The zero-order chi connectivity index (χ0) is 20.2. The van der Waals surface area contributed by atoms with Gasteiger partial charge in [0.1, 0.15) is 34.9 Å². The Morgan fingerprint density at radius 1 is 1.03 bits per heavy atom. The Hall–Kier alpha value is -3.39. The Morgan fingerprint density at radius 3 is 2.55 bits per heavy atom. The Labute approximate surface area is 166 Å². The standard InChI is InChI=1S/C21H19F2N5O/c1-28(12-14-5-3-2-4-6-14)8-7-24-20-18-19(27-29-21(18)26-13-25-20)15-9-16(22)11-17(23)10-15/h2-6,9-11,13H,7-8,12H2,1H3,(H,24,25,26). The van der Waals surface area contributed by atoms with Crippen molar-refractivity contribution in [1.82, 2.24) is 20.0 Å². The fourth-order valence-electron chi connectivity index (χ4n) is 3.15. The molecule has 0 amide bonds. The van der Waals surface area contributed by atoms with Crippen molar-refractivity contribution >= 4 is 16.9 Å². The number of halogens is 2. The fraction of sp³-hybridized carbons (Fsp3) is 0.190. The summed E-state index contributed by atoms with van der Waals surface area (Å²) in [4.78, 5) is 10.5. The van der Waals surface area contributed by atoms with Gasteiger partial charge in [-0.05, 0) is 24.7 Å². The molecule has 0 aliphatic rings. The van der Waals surface area contributed by atoms with Gasteiger partial charge in [0, 0.05) is 31.3 Å². The first-order valence-corrected chi connectivity index (χ1v) is 9.13. The number of rotatable bonds is 7. The molecule has 0 saturated heterocycles. The number of likely N-dealkylation sites (N-methyl/N-ethyl adjacent to an activating group) is 1. The zero-order valence-electron chi connectivity index (χ0n) is 15.8. The quantitative estimate of drug-likeness (QED) is 0.508. The molecule has 0 spiro atoms. The molecule has 2 aromatic carbocycles. The van der Waals surface area contributed by atoms with Gasteiger partial charge in [0.2, 0.25) is 0 Å². The lowest BCUT2D eigenvalue weighted by Gasteiger charge is -2.17. The molecule has 0 atom stereocenters. The highest BCUT2D eigenvalue weighted by molar-refractivity contribution is 5.97. The van der Waals surface area contributed by atoms with Crippen molar-refractivity contribution < 1.29 is 13.3 Å². The van der Waals surface area contributed by atoms with E-state index in [2.05, 4.69) is 37.5 Å². The fourth-order valence-corrected chi connectivity index (χ4v) is 3.15. The number of nitrogens with zero attached hydrogens (tertiary/aromatic N) is 4. The molecule has 4 rings (SSSR count). The van der Waals surface area contributed by atoms with Crippen LogP contribution in [0.3, 0.4) is 0 Å². The second kappa shape index (κ2) is 8.32. The maximum absolute atomic E-state index is 13.6. The summed E-state index contributed by atoms with van der Waals surface area (Å²) >= 11 is 0. The smallest absolute Gasteiger partial charge is 0.263 e. The number of hydrogen-bond donors (Lipinski definition) is 1. The molecule has 8 heteroatoms. The van der Waals surface area contributed by atoms with Crippen LogP contribution in [-0.4, -0.2) is 40.2 Å². The summed E-state index contributed by atoms with van der Waals surface area (Å²) in [6, 6.07) is 13.4. The van der Waals surface area contributed by atoms with Crippen LogP contribution in [0.4, 0.5) is 14.6 Å². The zero-order valence-corrected chi connectivity index (χ0v) is 15.8. The highest BCUT2D eigenvalue weighted by atomic mass is 19.1. The van der Waals surface area contributed by atoms with E-state index < -0.39 is 11.6 Å². The van der Waals surface area contributed by atoms with Gasteiger partial charge in [-0.25, -0.2) is 13.8 Å². The monoisotopic (exact) mass is 395 g/mol. The summed E-state index contributed by atoms with van der Waals surface area (Å²) in [7, 11) is 2.03. The lowest BCUT2D eigenvalue weighted by Crippen LogP contribution is -2.25. The van der Waals surface area contributed by atoms with E-state index in [0.29, 0.717) is 23.4 Å². The Balaban J connectivity index is 1.51. The summed E-state index contributed by atoms with van der Waals surface area (Å²) in [5.74, 6) is -0.876. The third kappa shape index (κ3) is 4.38. The van der Waals surface area contributed by atoms with Gasteiger partial charge in [-0.3, -0.25) is 0 Å². The van der Waals surface area contributed by atoms with Crippen LogP contribution in [0.25, 0.3) is 22.4 Å². The highest BCUT2D eigenvalue weighted by Gasteiger charge is 2.18. The Kier molecular flexibility index (Phi) is 5.44. The van der Waals surface area contributed by atoms with E-state index in [1.54, 1.807) is 0 Å². The van der Waals surface area contributed by atoms with Crippen molar-refractivity contribution in [2.45, 2.75) is 6.54 Å². The van der Waals surface area contributed by atoms with Crippen LogP contribution in [-0.2, 0) is 6.54 Å². The van der Waals surface area contributed by atoms with Crippen LogP contribution in [0, 0.1) is 11.6 Å². The number of fused-ring (bicyclic) bond motifs is 1. The van der Waals surface area contributed by atoms with Gasteiger partial charge in [-0.15, -0.1) is 0 Å². The molecule has 0 fully saturated rings. The summed E-state index contributed by atoms with van der Waals surface area (Å²) in [5.41, 5.74) is 2.04. The number of nitrogens with one attached hydrogen (secondary N) is 1. The molecular weight excluding hydrogens is 376 g/mol. The maximum Gasteiger partial charge on any atom is 0.263 e. The van der Waals surface area contributed by atoms with Crippen molar-refractivity contribution in [3.63, 3.8) is 0 Å². The first kappa shape index (κ1) is 18.9. The second-order valence-electron chi connectivity index (χ2n) is 6.74. The number of anilines is 1. The lowest BCUT2D eigenvalue weighted by molar-refractivity contribution is 0.340. The maximum atomic E-state index is 13.6. The number of benzene rings is 2. The minimum atomic E-state index is -0.690. The third-order valence-corrected chi connectivity index (χ3v) is 4.49. The van der Waals surface area contributed by atoms with Crippen LogP contribution in [0.15, 0.2) is 59.4 Å². The van der Waals surface area contributed by atoms with E-state index in [4.69, 9.17) is 4.52 Å².